The Balaban J connectivity index is 1.50. The van der Waals surface area contributed by atoms with Crippen molar-refractivity contribution in [2.45, 2.75) is 38.3 Å². The van der Waals surface area contributed by atoms with E-state index in [0.29, 0.717) is 0 Å². The predicted octanol–water partition coefficient (Wildman–Crippen LogP) is 3.00. The first kappa shape index (κ1) is 17.4. The number of hydrogen-bond donors (Lipinski definition) is 1. The molecule has 0 fully saturated rings. The van der Waals surface area contributed by atoms with E-state index in [9.17, 15) is 5.11 Å². The van der Waals surface area contributed by atoms with E-state index in [0.717, 1.165) is 39.0 Å². The molecule has 24 heavy (non-hydrogen) atoms. The molecule has 130 valence electrons. The van der Waals surface area contributed by atoms with Gasteiger partial charge in [0.25, 0.3) is 0 Å². The fraction of sp³-hybridized carbons (Fsp3) is 0.524. The van der Waals surface area contributed by atoms with Gasteiger partial charge in [-0.1, -0.05) is 42.0 Å². The smallest absolute Gasteiger partial charge is 0.0707 e. The Hall–Kier alpha value is -1.42. The van der Waals surface area contributed by atoms with Crippen LogP contribution in [0, 0.1) is 0 Å². The molecule has 1 atom stereocenters. The van der Waals surface area contributed by atoms with Gasteiger partial charge < -0.3 is 10.0 Å². The quantitative estimate of drug-likeness (QED) is 0.870. The van der Waals surface area contributed by atoms with Crippen LogP contribution in [0.1, 0.15) is 30.4 Å². The van der Waals surface area contributed by atoms with E-state index in [1.807, 2.05) is 0 Å². The van der Waals surface area contributed by atoms with Crippen LogP contribution in [-0.2, 0) is 13.0 Å². The third-order valence-corrected chi connectivity index (χ3v) is 4.96. The molecule has 3 nitrogen and oxygen atoms in total. The molecule has 3 rings (SSSR count). The maximum atomic E-state index is 10.5. The first-order valence-electron chi connectivity index (χ1n) is 9.10. The Labute approximate surface area is 146 Å². The van der Waals surface area contributed by atoms with Gasteiger partial charge in [0.2, 0.25) is 0 Å². The molecule has 0 saturated heterocycles. The summed E-state index contributed by atoms with van der Waals surface area (Å²) in [5.41, 5.74) is 5.68. The van der Waals surface area contributed by atoms with E-state index in [4.69, 9.17) is 0 Å². The van der Waals surface area contributed by atoms with E-state index in [1.165, 1.54) is 24.0 Å². The van der Waals surface area contributed by atoms with Gasteiger partial charge in [-0.15, -0.1) is 0 Å². The number of benzene rings is 1. The average Bonchev–Trinajstić information content (AvgIpc) is 2.56. The van der Waals surface area contributed by atoms with Crippen molar-refractivity contribution >= 4 is 0 Å². The molecule has 0 aromatic heterocycles. The highest BCUT2D eigenvalue weighted by atomic mass is 16.3. The Bertz CT molecular complexity index is 601. The number of nitrogens with zero attached hydrogens (tertiary/aromatic N) is 2. The first-order chi connectivity index (χ1) is 11.6. The Morgan fingerprint density at radius 2 is 1.88 bits per heavy atom. The second kappa shape index (κ2) is 8.11. The summed E-state index contributed by atoms with van der Waals surface area (Å²) < 4.78 is 0. The highest BCUT2D eigenvalue weighted by Crippen LogP contribution is 2.26. The number of β-amino-alcohol motifs (C(OH)–C–C–N with tert-alkyl or cyclic N) is 1. The van der Waals surface area contributed by atoms with Crippen molar-refractivity contribution in [2.24, 2.45) is 0 Å². The van der Waals surface area contributed by atoms with Crippen molar-refractivity contribution in [3.05, 3.63) is 58.7 Å². The molecule has 1 heterocycles. The summed E-state index contributed by atoms with van der Waals surface area (Å²) in [6, 6.07) is 8.67. The zero-order valence-electron chi connectivity index (χ0n) is 15.0. The molecule has 1 aliphatic carbocycles. The molecular formula is C21H30N2O. The second-order valence-electron chi connectivity index (χ2n) is 7.47. The molecule has 0 bridgehead atoms. The Morgan fingerprint density at radius 1 is 1.12 bits per heavy atom. The highest BCUT2D eigenvalue weighted by molar-refractivity contribution is 5.32. The minimum atomic E-state index is -0.286. The molecule has 0 radical (unpaired) electrons. The average molecular weight is 326 g/mol. The van der Waals surface area contributed by atoms with Crippen molar-refractivity contribution < 1.29 is 5.11 Å². The van der Waals surface area contributed by atoms with E-state index >= 15 is 0 Å². The summed E-state index contributed by atoms with van der Waals surface area (Å²) in [4.78, 5) is 4.59. The third kappa shape index (κ3) is 4.79. The first-order valence-corrected chi connectivity index (χ1v) is 9.10. The molecule has 1 aromatic rings. The van der Waals surface area contributed by atoms with E-state index in [-0.39, 0.29) is 6.10 Å². The Kier molecular flexibility index (Phi) is 5.88. The predicted molar refractivity (Wildman–Crippen MR) is 100 cm³/mol. The highest BCUT2D eigenvalue weighted by Gasteiger charge is 2.20. The number of rotatable bonds is 6. The van der Waals surface area contributed by atoms with Crippen LogP contribution in [0.15, 0.2) is 47.6 Å². The van der Waals surface area contributed by atoms with Crippen LogP contribution in [0.4, 0.5) is 0 Å². The van der Waals surface area contributed by atoms with Gasteiger partial charge >= 0.3 is 0 Å². The summed E-state index contributed by atoms with van der Waals surface area (Å²) in [5, 5.41) is 10.5. The summed E-state index contributed by atoms with van der Waals surface area (Å²) in [5.74, 6) is 0. The van der Waals surface area contributed by atoms with Crippen LogP contribution in [0.5, 0.6) is 0 Å². The molecule has 0 saturated carbocycles. The van der Waals surface area contributed by atoms with Gasteiger partial charge in [-0.05, 0) is 56.5 Å². The standard InChI is InChI=1S/C21H30N2O/c1-22(2)14-18-9-7-17(8-10-18)13-21(24)16-23-12-11-19-5-3-4-6-20(19)15-23/h3,5,7-10,21,24H,4,6,11-16H2,1-2H3. The molecule has 1 aromatic carbocycles. The van der Waals surface area contributed by atoms with Crippen LogP contribution in [0.3, 0.4) is 0 Å². The van der Waals surface area contributed by atoms with Gasteiger partial charge in [0.15, 0.2) is 0 Å². The zero-order valence-corrected chi connectivity index (χ0v) is 15.0. The van der Waals surface area contributed by atoms with Crippen molar-refractivity contribution in [3.63, 3.8) is 0 Å². The molecule has 2 aliphatic rings. The summed E-state index contributed by atoms with van der Waals surface area (Å²) >= 11 is 0. The number of aliphatic hydroxyl groups excluding tert-OH is 1. The lowest BCUT2D eigenvalue weighted by Crippen LogP contribution is -2.38. The van der Waals surface area contributed by atoms with Gasteiger partial charge in [-0.2, -0.15) is 0 Å². The monoisotopic (exact) mass is 326 g/mol. The van der Waals surface area contributed by atoms with Crippen LogP contribution in [-0.4, -0.2) is 54.7 Å². The van der Waals surface area contributed by atoms with E-state index in [2.05, 4.69) is 60.3 Å². The van der Waals surface area contributed by atoms with Crippen molar-refractivity contribution in [1.82, 2.24) is 9.80 Å². The number of hydrogen-bond acceptors (Lipinski definition) is 3. The lowest BCUT2D eigenvalue weighted by atomic mass is 9.91. The normalized spacial score (nSPS) is 19.7. The Morgan fingerprint density at radius 3 is 2.62 bits per heavy atom. The molecular weight excluding hydrogens is 296 g/mol. The lowest BCUT2D eigenvalue weighted by molar-refractivity contribution is 0.115. The largest absolute Gasteiger partial charge is 0.391 e. The SMILES string of the molecule is CN(C)Cc1ccc(CC(O)CN2CCC3=C(CCC=C3)C2)cc1. The molecule has 1 aliphatic heterocycles. The van der Waals surface area contributed by atoms with Gasteiger partial charge in [0.05, 0.1) is 6.10 Å². The fourth-order valence-electron chi connectivity index (χ4n) is 3.77. The summed E-state index contributed by atoms with van der Waals surface area (Å²) in [7, 11) is 4.17. The summed E-state index contributed by atoms with van der Waals surface area (Å²) in [6.07, 6.45) is 8.57. The van der Waals surface area contributed by atoms with Crippen LogP contribution in [0.2, 0.25) is 0 Å². The van der Waals surface area contributed by atoms with Crippen LogP contribution >= 0.6 is 0 Å². The minimum absolute atomic E-state index is 0.286. The lowest BCUT2D eigenvalue weighted by Gasteiger charge is -2.32. The second-order valence-corrected chi connectivity index (χ2v) is 7.47. The topological polar surface area (TPSA) is 26.7 Å². The van der Waals surface area contributed by atoms with Gasteiger partial charge in [-0.25, -0.2) is 0 Å². The van der Waals surface area contributed by atoms with Gasteiger partial charge in [0.1, 0.15) is 0 Å². The molecule has 1 unspecified atom stereocenters. The number of aliphatic hydroxyl groups is 1. The van der Waals surface area contributed by atoms with Gasteiger partial charge in [-0.3, -0.25) is 4.90 Å². The van der Waals surface area contributed by atoms with E-state index in [1.54, 1.807) is 11.1 Å². The van der Waals surface area contributed by atoms with Crippen molar-refractivity contribution in [2.75, 3.05) is 33.7 Å². The molecule has 3 heteroatoms. The van der Waals surface area contributed by atoms with Crippen LogP contribution in [0.25, 0.3) is 0 Å². The number of allylic oxidation sites excluding steroid dienone is 2. The zero-order chi connectivity index (χ0) is 16.9. The molecule has 0 spiro atoms. The third-order valence-electron chi connectivity index (χ3n) is 4.96. The fourth-order valence-corrected chi connectivity index (χ4v) is 3.77. The summed E-state index contributed by atoms with van der Waals surface area (Å²) in [6.45, 7) is 3.85. The van der Waals surface area contributed by atoms with Crippen LogP contribution < -0.4 is 0 Å². The van der Waals surface area contributed by atoms with Gasteiger partial charge in [0, 0.05) is 26.2 Å². The van der Waals surface area contributed by atoms with Crippen molar-refractivity contribution in [1.29, 1.82) is 0 Å². The molecule has 0 amide bonds. The maximum absolute atomic E-state index is 10.5. The maximum Gasteiger partial charge on any atom is 0.0707 e. The van der Waals surface area contributed by atoms with Crippen molar-refractivity contribution in [3.8, 4) is 0 Å². The van der Waals surface area contributed by atoms with E-state index < -0.39 is 0 Å². The minimum Gasteiger partial charge on any atom is -0.391 e. The molecule has 1 N–H and O–H groups in total.